The molecule has 0 aromatic carbocycles. The fourth-order valence-electron chi connectivity index (χ4n) is 2.51. The first kappa shape index (κ1) is 21.4. The Labute approximate surface area is 165 Å². The highest BCUT2D eigenvalue weighted by Gasteiger charge is 2.81. The van der Waals surface area contributed by atoms with Crippen molar-refractivity contribution < 1.29 is 72.4 Å². The fraction of sp³-hybridized carbons (Fsp3) is 0.600. The Morgan fingerprint density at radius 1 is 0.533 bits per heavy atom. The Morgan fingerprint density at radius 3 is 1.37 bits per heavy atom. The fourth-order valence-corrected chi connectivity index (χ4v) is 2.51. The Kier molecular flexibility index (Phi) is 5.36. The number of rotatable bonds is 1. The summed E-state index contributed by atoms with van der Waals surface area (Å²) in [5.74, 6) is -19.9. The van der Waals surface area contributed by atoms with E-state index in [0.29, 0.717) is 0 Å². The number of aliphatic hydroxyl groups is 2. The van der Waals surface area contributed by atoms with Gasteiger partial charge in [0, 0.05) is 0 Å². The van der Waals surface area contributed by atoms with Crippen LogP contribution in [0.4, 0.5) is 0 Å². The molecule has 3 aliphatic heterocycles. The van der Waals surface area contributed by atoms with Crippen molar-refractivity contribution in [1.82, 2.24) is 0 Å². The molecule has 2 atom stereocenters. The first-order chi connectivity index (χ1) is 14.0. The molecule has 1 spiro atoms. The molecule has 15 heteroatoms. The van der Waals surface area contributed by atoms with Gasteiger partial charge in [-0.25, -0.2) is 4.79 Å². The predicted octanol–water partition coefficient (Wildman–Crippen LogP) is -2.45. The van der Waals surface area contributed by atoms with Crippen LogP contribution in [0.1, 0.15) is 38.5 Å². The van der Waals surface area contributed by atoms with Gasteiger partial charge in [-0.05, 0) is 0 Å². The molecule has 3 heterocycles. The zero-order valence-corrected chi connectivity index (χ0v) is 14.9. The monoisotopic (exact) mass is 434 g/mol. The van der Waals surface area contributed by atoms with Crippen molar-refractivity contribution >= 4 is 35.8 Å². The van der Waals surface area contributed by atoms with Crippen LogP contribution in [0.2, 0.25) is 0 Å². The smallest absolute Gasteiger partial charge is 0.413 e. The second-order valence-corrected chi connectivity index (χ2v) is 6.19. The molecule has 15 nitrogen and oxygen atoms in total. The van der Waals surface area contributed by atoms with E-state index in [9.17, 15) is 39.0 Å². The molecule has 0 bridgehead atoms. The summed E-state index contributed by atoms with van der Waals surface area (Å²) in [7, 11) is 0. The summed E-state index contributed by atoms with van der Waals surface area (Å²) in [4.78, 5) is 80.2. The molecule has 164 valence electrons. The van der Waals surface area contributed by atoms with Crippen LogP contribution in [0, 0.1) is 0 Å². The van der Waals surface area contributed by atoms with Gasteiger partial charge in [-0.2, -0.15) is 0 Å². The molecule has 0 aromatic rings. The normalized spacial score (nSPS) is 32.6. The molecule has 3 rings (SSSR count). The van der Waals surface area contributed by atoms with E-state index in [4.69, 9.17) is 9.47 Å². The highest BCUT2D eigenvalue weighted by atomic mass is 17.3. The minimum atomic E-state index is -4.09. The van der Waals surface area contributed by atoms with Gasteiger partial charge in [0.05, 0.1) is 38.5 Å². The summed E-state index contributed by atoms with van der Waals surface area (Å²) in [6, 6.07) is 0. The molecule has 0 amide bonds. The lowest BCUT2D eigenvalue weighted by atomic mass is 10.1. The van der Waals surface area contributed by atoms with Gasteiger partial charge < -0.3 is 33.9 Å². The molecule has 3 aliphatic rings. The lowest BCUT2D eigenvalue weighted by Gasteiger charge is -2.45. The molecule has 0 radical (unpaired) electrons. The summed E-state index contributed by atoms with van der Waals surface area (Å²) in [6.45, 7) is 0. The maximum atomic E-state index is 12.1. The van der Waals surface area contributed by atoms with E-state index in [2.05, 4.69) is 24.0 Å². The summed E-state index contributed by atoms with van der Waals surface area (Å²) in [6.07, 6.45) is -3.94. The van der Waals surface area contributed by atoms with Crippen molar-refractivity contribution in [2.75, 3.05) is 0 Å². The summed E-state index contributed by atoms with van der Waals surface area (Å²) in [5, 5.41) is 21.8. The van der Waals surface area contributed by atoms with Crippen LogP contribution in [-0.4, -0.2) is 63.8 Å². The standard InChI is InChI=1S/C15H14O15/c16-7-1-4-10(19)27-15(28-11(20)5-6-12(21)29-30-15)13(22,24-7)14(23)25-8(17)2-3-9(18)26-14/h22-23H,1-6H2. The molecule has 0 aliphatic carbocycles. The van der Waals surface area contributed by atoms with Gasteiger partial charge >= 0.3 is 53.5 Å². The third-order valence-electron chi connectivity index (χ3n) is 3.95. The van der Waals surface area contributed by atoms with E-state index < -0.39 is 92.1 Å². The van der Waals surface area contributed by atoms with Crippen LogP contribution in [0.5, 0.6) is 0 Å². The van der Waals surface area contributed by atoms with Crippen LogP contribution in [0.25, 0.3) is 0 Å². The summed E-state index contributed by atoms with van der Waals surface area (Å²) < 4.78 is 23.1. The number of hydrogen-bond donors (Lipinski definition) is 2. The topological polar surface area (TPSA) is 207 Å². The van der Waals surface area contributed by atoms with E-state index >= 15 is 0 Å². The highest BCUT2D eigenvalue weighted by Crippen LogP contribution is 2.44. The van der Waals surface area contributed by atoms with Gasteiger partial charge in [0.2, 0.25) is 0 Å². The van der Waals surface area contributed by atoms with Gasteiger partial charge in [-0.15, -0.1) is 0 Å². The van der Waals surface area contributed by atoms with Crippen molar-refractivity contribution in [3.05, 3.63) is 0 Å². The van der Waals surface area contributed by atoms with Gasteiger partial charge in [0.25, 0.3) is 0 Å². The SMILES string of the molecule is O=C1CCC(=O)OC2(OO1)OC(=O)CCC(=O)OC2(O)C1(O)OC(=O)CCC(=O)O1. The molecule has 3 fully saturated rings. The van der Waals surface area contributed by atoms with Gasteiger partial charge in [0.1, 0.15) is 0 Å². The maximum absolute atomic E-state index is 12.1. The Hall–Kier alpha value is -3.30. The van der Waals surface area contributed by atoms with E-state index in [0.717, 1.165) is 0 Å². The zero-order valence-electron chi connectivity index (χ0n) is 14.9. The van der Waals surface area contributed by atoms with Crippen LogP contribution in [0.15, 0.2) is 0 Å². The van der Waals surface area contributed by atoms with Gasteiger partial charge in [-0.1, -0.05) is 4.89 Å². The first-order valence-corrected chi connectivity index (χ1v) is 8.41. The minimum Gasteiger partial charge on any atom is -0.413 e. The predicted molar refractivity (Wildman–Crippen MR) is 78.0 cm³/mol. The number of esters is 5. The molecule has 30 heavy (non-hydrogen) atoms. The second-order valence-electron chi connectivity index (χ2n) is 6.19. The van der Waals surface area contributed by atoms with Gasteiger partial charge in [-0.3, -0.25) is 28.9 Å². The van der Waals surface area contributed by atoms with Crippen molar-refractivity contribution in [2.24, 2.45) is 0 Å². The molecule has 2 unspecified atom stereocenters. The molecular weight excluding hydrogens is 420 g/mol. The largest absolute Gasteiger partial charge is 0.493 e. The third kappa shape index (κ3) is 3.77. The Bertz CT molecular complexity index is 781. The number of carbonyl (C=O) groups is 6. The second kappa shape index (κ2) is 7.51. The average Bonchev–Trinajstić information content (AvgIpc) is 2.78. The number of ether oxygens (including phenoxy) is 5. The lowest BCUT2D eigenvalue weighted by molar-refractivity contribution is -0.586. The molecule has 3 saturated heterocycles. The van der Waals surface area contributed by atoms with E-state index in [1.807, 2.05) is 0 Å². The Balaban J connectivity index is 2.19. The van der Waals surface area contributed by atoms with Gasteiger partial charge in [0.15, 0.2) is 0 Å². The van der Waals surface area contributed by atoms with Crippen molar-refractivity contribution in [2.45, 2.75) is 56.3 Å². The van der Waals surface area contributed by atoms with Crippen molar-refractivity contribution in [1.29, 1.82) is 0 Å². The number of cyclic esters (lactones) is 3. The number of carbonyl (C=O) groups excluding carboxylic acids is 6. The van der Waals surface area contributed by atoms with E-state index in [1.165, 1.54) is 0 Å². The Morgan fingerprint density at radius 2 is 0.900 bits per heavy atom. The number of hydrogen-bond acceptors (Lipinski definition) is 15. The molecular formula is C15H14O15. The quantitative estimate of drug-likeness (QED) is 0.249. The summed E-state index contributed by atoms with van der Waals surface area (Å²) >= 11 is 0. The first-order valence-electron chi connectivity index (χ1n) is 8.41. The molecule has 0 aromatic heterocycles. The zero-order chi connectivity index (χ0) is 22.2. The van der Waals surface area contributed by atoms with Crippen molar-refractivity contribution in [3.8, 4) is 0 Å². The van der Waals surface area contributed by atoms with Crippen LogP contribution in [-0.2, 0) is 62.2 Å². The van der Waals surface area contributed by atoms with Crippen LogP contribution >= 0.6 is 0 Å². The third-order valence-corrected chi connectivity index (χ3v) is 3.95. The van der Waals surface area contributed by atoms with Crippen LogP contribution < -0.4 is 0 Å². The van der Waals surface area contributed by atoms with E-state index in [-0.39, 0.29) is 0 Å². The highest BCUT2D eigenvalue weighted by molar-refractivity contribution is 5.82. The molecule has 2 N–H and O–H groups in total. The maximum Gasteiger partial charge on any atom is 0.493 e. The van der Waals surface area contributed by atoms with Crippen molar-refractivity contribution in [3.63, 3.8) is 0 Å². The molecule has 0 saturated carbocycles. The van der Waals surface area contributed by atoms with E-state index in [1.54, 1.807) is 0 Å². The van der Waals surface area contributed by atoms with Crippen LogP contribution in [0.3, 0.4) is 0 Å². The average molecular weight is 434 g/mol. The minimum absolute atomic E-state index is 0.560. The lowest BCUT2D eigenvalue weighted by Crippen LogP contribution is -2.75. The summed E-state index contributed by atoms with van der Waals surface area (Å²) in [5.41, 5.74) is 0.